The summed E-state index contributed by atoms with van der Waals surface area (Å²) in [7, 11) is 4.03. The number of ketones is 1. The minimum absolute atomic E-state index is 0.199. The molecule has 4 rings (SSSR count). The Labute approximate surface area is 141 Å². The number of hydrogen-bond acceptors (Lipinski definition) is 5. The Bertz CT molecular complexity index is 818. The molecule has 1 N–H and O–H groups in total. The van der Waals surface area contributed by atoms with Gasteiger partial charge in [0.05, 0.1) is 0 Å². The van der Waals surface area contributed by atoms with Gasteiger partial charge in [0.2, 0.25) is 5.95 Å². The number of anilines is 2. The first-order valence-electron chi connectivity index (χ1n) is 8.24. The lowest BCUT2D eigenvalue weighted by atomic mass is 9.81. The van der Waals surface area contributed by atoms with Gasteiger partial charge in [0.15, 0.2) is 5.78 Å². The number of aromatic nitrogens is 3. The van der Waals surface area contributed by atoms with E-state index in [1.54, 1.807) is 0 Å². The van der Waals surface area contributed by atoms with Gasteiger partial charge in [-0.05, 0) is 30.0 Å². The predicted octanol–water partition coefficient (Wildman–Crippen LogP) is 2.61. The summed E-state index contributed by atoms with van der Waals surface area (Å²) in [4.78, 5) is 19.1. The average molecular weight is 323 g/mol. The van der Waals surface area contributed by atoms with Crippen LogP contribution in [0.5, 0.6) is 0 Å². The van der Waals surface area contributed by atoms with Gasteiger partial charge in [-0.3, -0.25) is 4.79 Å². The third-order valence-electron chi connectivity index (χ3n) is 4.79. The Hall–Kier alpha value is -2.63. The lowest BCUT2D eigenvalue weighted by Gasteiger charge is -2.34. The number of nitrogens with zero attached hydrogens (tertiary/aromatic N) is 4. The number of carbonyl (C=O) groups is 1. The number of benzene rings is 1. The van der Waals surface area contributed by atoms with E-state index in [9.17, 15) is 4.79 Å². The number of Topliss-reactive ketones (excluding diaryl/α,β-unsaturated/α-hetero) is 1. The zero-order valence-corrected chi connectivity index (χ0v) is 14.2. The lowest BCUT2D eigenvalue weighted by molar-refractivity contribution is -0.117. The second-order valence-corrected chi connectivity index (χ2v) is 6.87. The van der Waals surface area contributed by atoms with E-state index < -0.39 is 0 Å². The van der Waals surface area contributed by atoms with Crippen LogP contribution < -0.4 is 10.2 Å². The molecule has 2 aliphatic rings. The van der Waals surface area contributed by atoms with Crippen LogP contribution >= 0.6 is 0 Å². The molecule has 0 bridgehead atoms. The third kappa shape index (κ3) is 2.29. The summed E-state index contributed by atoms with van der Waals surface area (Å²) in [5.74, 6) is 1.27. The summed E-state index contributed by atoms with van der Waals surface area (Å²) < 4.78 is 1.82. The van der Waals surface area contributed by atoms with Crippen LogP contribution in [0.2, 0.25) is 0 Å². The van der Waals surface area contributed by atoms with Crippen molar-refractivity contribution < 1.29 is 4.79 Å². The van der Waals surface area contributed by atoms with E-state index in [2.05, 4.69) is 51.5 Å². The summed E-state index contributed by atoms with van der Waals surface area (Å²) in [5, 5.41) is 7.67. The summed E-state index contributed by atoms with van der Waals surface area (Å²) >= 11 is 0. The molecule has 2 unspecified atom stereocenters. The van der Waals surface area contributed by atoms with Crippen LogP contribution in [0.15, 0.2) is 41.9 Å². The van der Waals surface area contributed by atoms with Crippen LogP contribution in [-0.4, -0.2) is 34.6 Å². The fourth-order valence-corrected chi connectivity index (χ4v) is 3.61. The molecule has 24 heavy (non-hydrogen) atoms. The Kier molecular flexibility index (Phi) is 3.40. The Balaban J connectivity index is 1.83. The Morgan fingerprint density at radius 1 is 1.21 bits per heavy atom. The molecule has 0 saturated heterocycles. The molecule has 2 aromatic rings. The molecule has 6 nitrogen and oxygen atoms in total. The molecule has 1 aliphatic carbocycles. The van der Waals surface area contributed by atoms with Crippen LogP contribution in [-0.2, 0) is 4.79 Å². The van der Waals surface area contributed by atoms with Crippen LogP contribution in [0, 0.1) is 5.92 Å². The molecular formula is C18H21N5O. The smallest absolute Gasteiger partial charge is 0.226 e. The van der Waals surface area contributed by atoms with E-state index in [0.717, 1.165) is 28.9 Å². The Morgan fingerprint density at radius 2 is 1.96 bits per heavy atom. The van der Waals surface area contributed by atoms with Crippen LogP contribution in [0.25, 0.3) is 0 Å². The van der Waals surface area contributed by atoms with Crippen LogP contribution in [0.1, 0.15) is 31.4 Å². The molecule has 0 radical (unpaired) electrons. The number of allylic oxidation sites excluding steroid dienone is 2. The van der Waals surface area contributed by atoms with E-state index in [0.29, 0.717) is 18.3 Å². The molecule has 6 heteroatoms. The highest BCUT2D eigenvalue weighted by Crippen LogP contribution is 2.41. The van der Waals surface area contributed by atoms with E-state index in [1.807, 2.05) is 18.8 Å². The maximum absolute atomic E-state index is 12.8. The minimum Gasteiger partial charge on any atom is -0.378 e. The molecule has 124 valence electrons. The summed E-state index contributed by atoms with van der Waals surface area (Å²) in [5.41, 5.74) is 4.03. The molecule has 1 aromatic heterocycles. The van der Waals surface area contributed by atoms with Crippen molar-refractivity contribution in [3.63, 3.8) is 0 Å². The summed E-state index contributed by atoms with van der Waals surface area (Å²) in [6, 6.07) is 8.10. The topological polar surface area (TPSA) is 63.1 Å². The van der Waals surface area contributed by atoms with Crippen molar-refractivity contribution >= 4 is 17.4 Å². The molecular weight excluding hydrogens is 302 g/mol. The van der Waals surface area contributed by atoms with Crippen molar-refractivity contribution in [2.45, 2.75) is 25.8 Å². The van der Waals surface area contributed by atoms with Gasteiger partial charge >= 0.3 is 0 Å². The van der Waals surface area contributed by atoms with E-state index in [1.165, 1.54) is 6.33 Å². The van der Waals surface area contributed by atoms with Gasteiger partial charge in [-0.2, -0.15) is 10.1 Å². The van der Waals surface area contributed by atoms with Crippen molar-refractivity contribution in [1.29, 1.82) is 0 Å². The molecule has 2 atom stereocenters. The quantitative estimate of drug-likeness (QED) is 0.920. The monoisotopic (exact) mass is 323 g/mol. The highest BCUT2D eigenvalue weighted by Gasteiger charge is 2.37. The second kappa shape index (κ2) is 5.47. The van der Waals surface area contributed by atoms with Gasteiger partial charge in [0.1, 0.15) is 12.4 Å². The van der Waals surface area contributed by atoms with Crippen molar-refractivity contribution in [1.82, 2.24) is 14.8 Å². The number of rotatable bonds is 2. The van der Waals surface area contributed by atoms with Crippen molar-refractivity contribution in [2.24, 2.45) is 5.92 Å². The molecule has 0 amide bonds. The van der Waals surface area contributed by atoms with Crippen LogP contribution in [0.4, 0.5) is 11.6 Å². The third-order valence-corrected chi connectivity index (χ3v) is 4.79. The number of nitrogens with one attached hydrogen (secondary N) is 1. The molecule has 2 heterocycles. The first-order valence-corrected chi connectivity index (χ1v) is 8.24. The van der Waals surface area contributed by atoms with Crippen molar-refractivity contribution in [2.75, 3.05) is 24.3 Å². The van der Waals surface area contributed by atoms with Gasteiger partial charge in [-0.1, -0.05) is 19.1 Å². The zero-order valence-electron chi connectivity index (χ0n) is 14.2. The van der Waals surface area contributed by atoms with Gasteiger partial charge < -0.3 is 10.2 Å². The maximum atomic E-state index is 12.8. The minimum atomic E-state index is -0.199. The molecule has 0 fully saturated rings. The molecule has 0 spiro atoms. The van der Waals surface area contributed by atoms with E-state index in [4.69, 9.17) is 0 Å². The van der Waals surface area contributed by atoms with E-state index >= 15 is 0 Å². The van der Waals surface area contributed by atoms with Gasteiger partial charge in [0.25, 0.3) is 0 Å². The highest BCUT2D eigenvalue weighted by molar-refractivity contribution is 5.99. The predicted molar refractivity (Wildman–Crippen MR) is 93.0 cm³/mol. The second-order valence-electron chi connectivity index (χ2n) is 6.87. The van der Waals surface area contributed by atoms with Crippen molar-refractivity contribution in [3.8, 4) is 0 Å². The molecule has 1 aliphatic heterocycles. The number of hydrogen-bond donors (Lipinski definition) is 1. The van der Waals surface area contributed by atoms with Gasteiger partial charge in [-0.25, -0.2) is 4.68 Å². The normalized spacial score (nSPS) is 22.7. The number of carbonyl (C=O) groups excluding carboxylic acids is 1. The van der Waals surface area contributed by atoms with Gasteiger partial charge in [-0.15, -0.1) is 0 Å². The Morgan fingerprint density at radius 3 is 2.67 bits per heavy atom. The SMILES string of the molecule is CC1CC(=O)C2=C(C1)Nc1ncnn1C2c1ccc(N(C)C)cc1. The first-order chi connectivity index (χ1) is 11.5. The number of fused-ring (bicyclic) bond motifs is 1. The average Bonchev–Trinajstić information content (AvgIpc) is 3.00. The van der Waals surface area contributed by atoms with Gasteiger partial charge in [0, 0.05) is 37.5 Å². The summed E-state index contributed by atoms with van der Waals surface area (Å²) in [6.45, 7) is 2.11. The maximum Gasteiger partial charge on any atom is 0.226 e. The fourth-order valence-electron chi connectivity index (χ4n) is 3.61. The van der Waals surface area contributed by atoms with Crippen molar-refractivity contribution in [3.05, 3.63) is 47.4 Å². The first kappa shape index (κ1) is 14.9. The summed E-state index contributed by atoms with van der Waals surface area (Å²) in [6.07, 6.45) is 3.01. The van der Waals surface area contributed by atoms with E-state index in [-0.39, 0.29) is 11.8 Å². The lowest BCUT2D eigenvalue weighted by Crippen LogP contribution is -2.33. The largest absolute Gasteiger partial charge is 0.378 e. The van der Waals surface area contributed by atoms with Crippen LogP contribution in [0.3, 0.4) is 0 Å². The molecule has 0 saturated carbocycles. The highest BCUT2D eigenvalue weighted by atomic mass is 16.1. The zero-order chi connectivity index (χ0) is 16.8. The fraction of sp³-hybridized carbons (Fsp3) is 0.389. The molecule has 1 aromatic carbocycles. The standard InChI is InChI=1S/C18H21N5O/c1-11-8-14-16(15(24)9-11)17(23-18(21-14)19-10-20-23)12-4-6-13(7-5-12)22(2)3/h4-7,10-11,17H,8-9H2,1-3H3,(H,19,20,21).